The summed E-state index contributed by atoms with van der Waals surface area (Å²) < 4.78 is 1.57. The van der Waals surface area contributed by atoms with Gasteiger partial charge in [0.25, 0.3) is 5.56 Å². The van der Waals surface area contributed by atoms with Crippen LogP contribution in [-0.4, -0.2) is 33.5 Å². The zero-order valence-corrected chi connectivity index (χ0v) is 11.1. The molecular formula is C14H18N2O3. The molecule has 5 nitrogen and oxygen atoms in total. The second kappa shape index (κ2) is 5.03. The van der Waals surface area contributed by atoms with E-state index in [1.807, 2.05) is 24.3 Å². The van der Waals surface area contributed by atoms with Gasteiger partial charge in [-0.15, -0.1) is 0 Å². The lowest BCUT2D eigenvalue weighted by molar-refractivity contribution is 0.147. The van der Waals surface area contributed by atoms with E-state index in [0.29, 0.717) is 5.69 Å². The molecule has 0 spiro atoms. The lowest BCUT2D eigenvalue weighted by Gasteiger charge is -2.28. The van der Waals surface area contributed by atoms with Gasteiger partial charge in [0.05, 0.1) is 24.3 Å². The molecular weight excluding hydrogens is 244 g/mol. The van der Waals surface area contributed by atoms with Gasteiger partial charge in [-0.05, 0) is 13.0 Å². The maximum Gasteiger partial charge on any atom is 0.252 e. The Labute approximate surface area is 111 Å². The molecule has 102 valence electrons. The summed E-state index contributed by atoms with van der Waals surface area (Å²) in [6.07, 6.45) is 0. The summed E-state index contributed by atoms with van der Waals surface area (Å²) >= 11 is 0. The number of para-hydroxylation sites is 1. The topological polar surface area (TPSA) is 74.5 Å². The molecule has 2 rings (SSSR count). The number of nitrogens with zero attached hydrogens (tertiary/aromatic N) is 1. The fraction of sp³-hybridized carbons (Fsp3) is 0.357. The fourth-order valence-electron chi connectivity index (χ4n) is 1.97. The number of hydrogen-bond donors (Lipinski definition) is 3. The van der Waals surface area contributed by atoms with E-state index < -0.39 is 5.54 Å². The van der Waals surface area contributed by atoms with Crippen LogP contribution in [0.15, 0.2) is 35.1 Å². The third-order valence-corrected chi connectivity index (χ3v) is 3.29. The molecule has 1 aromatic carbocycles. The highest BCUT2D eigenvalue weighted by Gasteiger charge is 2.23. The van der Waals surface area contributed by atoms with Crippen LogP contribution in [0.25, 0.3) is 10.9 Å². The number of pyridine rings is 1. The van der Waals surface area contributed by atoms with Gasteiger partial charge in [0.2, 0.25) is 0 Å². The Hall–Kier alpha value is -1.85. The number of hydrogen-bond acceptors (Lipinski definition) is 4. The second-order valence-electron chi connectivity index (χ2n) is 4.97. The van der Waals surface area contributed by atoms with E-state index in [4.69, 9.17) is 0 Å². The molecule has 5 heteroatoms. The third-order valence-electron chi connectivity index (χ3n) is 3.29. The molecule has 1 heterocycles. The van der Waals surface area contributed by atoms with Crippen LogP contribution in [0, 0.1) is 0 Å². The first-order valence-corrected chi connectivity index (χ1v) is 6.09. The molecule has 1 aromatic heterocycles. The molecule has 0 bridgehead atoms. The molecule has 2 aromatic rings. The molecule has 3 N–H and O–H groups in total. The highest BCUT2D eigenvalue weighted by atomic mass is 16.3. The van der Waals surface area contributed by atoms with Gasteiger partial charge in [-0.2, -0.15) is 0 Å². The fourth-order valence-corrected chi connectivity index (χ4v) is 1.97. The number of anilines is 1. The average molecular weight is 262 g/mol. The number of aliphatic hydroxyl groups is 2. The summed E-state index contributed by atoms with van der Waals surface area (Å²) in [5, 5.41) is 22.6. The van der Waals surface area contributed by atoms with Crippen LogP contribution in [0.3, 0.4) is 0 Å². The molecule has 0 saturated carbocycles. The molecule has 0 aliphatic rings. The maximum atomic E-state index is 11.9. The summed E-state index contributed by atoms with van der Waals surface area (Å²) in [6.45, 7) is 1.24. The van der Waals surface area contributed by atoms with Gasteiger partial charge in [0.1, 0.15) is 0 Å². The summed E-state index contributed by atoms with van der Waals surface area (Å²) in [5.74, 6) is 0. The Kier molecular flexibility index (Phi) is 3.59. The molecule has 0 amide bonds. The minimum atomic E-state index is -0.866. The maximum absolute atomic E-state index is 11.9. The number of aryl methyl sites for hydroxylation is 1. The number of fused-ring (bicyclic) bond motifs is 1. The molecule has 0 fully saturated rings. The van der Waals surface area contributed by atoms with Crippen LogP contribution in [0.5, 0.6) is 0 Å². The van der Waals surface area contributed by atoms with Crippen molar-refractivity contribution in [2.24, 2.45) is 7.05 Å². The van der Waals surface area contributed by atoms with Crippen molar-refractivity contribution in [3.05, 3.63) is 40.7 Å². The number of nitrogens with one attached hydrogen (secondary N) is 1. The normalized spacial score (nSPS) is 11.8. The van der Waals surface area contributed by atoms with Crippen molar-refractivity contribution >= 4 is 16.6 Å². The second-order valence-corrected chi connectivity index (χ2v) is 4.97. The predicted octanol–water partition coefficient (Wildman–Crippen LogP) is 0.694. The molecule has 0 unspecified atom stereocenters. The highest BCUT2D eigenvalue weighted by molar-refractivity contribution is 5.91. The largest absolute Gasteiger partial charge is 0.394 e. The van der Waals surface area contributed by atoms with Crippen LogP contribution >= 0.6 is 0 Å². The zero-order chi connectivity index (χ0) is 14.0. The SMILES string of the molecule is Cn1c(=O)cc(NC(C)(CO)CO)c2ccccc21. The Bertz CT molecular complexity index is 645. The summed E-state index contributed by atoms with van der Waals surface area (Å²) in [7, 11) is 1.71. The van der Waals surface area contributed by atoms with Gasteiger partial charge in [-0.1, -0.05) is 18.2 Å². The average Bonchev–Trinajstić information content (AvgIpc) is 2.44. The first-order chi connectivity index (χ1) is 9.00. The van der Waals surface area contributed by atoms with Crippen molar-refractivity contribution in [2.75, 3.05) is 18.5 Å². The minimum Gasteiger partial charge on any atom is -0.394 e. The summed E-state index contributed by atoms with van der Waals surface area (Å²) in [4.78, 5) is 11.9. The van der Waals surface area contributed by atoms with E-state index in [1.165, 1.54) is 6.07 Å². The van der Waals surface area contributed by atoms with Crippen molar-refractivity contribution in [2.45, 2.75) is 12.5 Å². The Morgan fingerprint density at radius 1 is 1.26 bits per heavy atom. The monoisotopic (exact) mass is 262 g/mol. The van der Waals surface area contributed by atoms with Crippen LogP contribution in [-0.2, 0) is 7.05 Å². The van der Waals surface area contributed by atoms with E-state index in [2.05, 4.69) is 5.32 Å². The molecule has 0 aliphatic heterocycles. The predicted molar refractivity (Wildman–Crippen MR) is 75.4 cm³/mol. The van der Waals surface area contributed by atoms with Gasteiger partial charge in [-0.25, -0.2) is 0 Å². The van der Waals surface area contributed by atoms with Gasteiger partial charge < -0.3 is 20.1 Å². The van der Waals surface area contributed by atoms with Crippen molar-refractivity contribution in [3.63, 3.8) is 0 Å². The molecule has 0 radical (unpaired) electrons. The lowest BCUT2D eigenvalue weighted by atomic mass is 10.0. The van der Waals surface area contributed by atoms with Gasteiger partial charge in [0, 0.05) is 24.2 Å². The van der Waals surface area contributed by atoms with Crippen LogP contribution < -0.4 is 10.9 Å². The highest BCUT2D eigenvalue weighted by Crippen LogP contribution is 2.23. The van der Waals surface area contributed by atoms with Crippen LogP contribution in [0.2, 0.25) is 0 Å². The van der Waals surface area contributed by atoms with Crippen LogP contribution in [0.1, 0.15) is 6.92 Å². The standard InChI is InChI=1S/C14H18N2O3/c1-14(8-17,9-18)15-11-7-13(19)16(2)12-6-4-3-5-10(11)12/h3-7,15,17-18H,8-9H2,1-2H3. The van der Waals surface area contributed by atoms with Crippen molar-refractivity contribution in [3.8, 4) is 0 Å². The van der Waals surface area contributed by atoms with Crippen molar-refractivity contribution in [1.29, 1.82) is 0 Å². The van der Waals surface area contributed by atoms with E-state index in [0.717, 1.165) is 10.9 Å². The molecule has 19 heavy (non-hydrogen) atoms. The zero-order valence-electron chi connectivity index (χ0n) is 11.1. The van der Waals surface area contributed by atoms with E-state index in [-0.39, 0.29) is 18.8 Å². The first kappa shape index (κ1) is 13.6. The summed E-state index contributed by atoms with van der Waals surface area (Å²) in [5.41, 5.74) is 0.411. The third kappa shape index (κ3) is 2.47. The Balaban J connectivity index is 2.61. The number of benzene rings is 1. The van der Waals surface area contributed by atoms with Crippen molar-refractivity contribution < 1.29 is 10.2 Å². The quantitative estimate of drug-likeness (QED) is 0.758. The summed E-state index contributed by atoms with van der Waals surface area (Å²) in [6, 6.07) is 8.98. The minimum absolute atomic E-state index is 0.139. The molecule has 0 saturated heterocycles. The van der Waals surface area contributed by atoms with Crippen molar-refractivity contribution in [1.82, 2.24) is 4.57 Å². The Morgan fingerprint density at radius 2 is 1.89 bits per heavy atom. The van der Waals surface area contributed by atoms with Crippen LogP contribution in [0.4, 0.5) is 5.69 Å². The van der Waals surface area contributed by atoms with E-state index in [1.54, 1.807) is 18.5 Å². The van der Waals surface area contributed by atoms with E-state index in [9.17, 15) is 15.0 Å². The smallest absolute Gasteiger partial charge is 0.252 e. The van der Waals surface area contributed by atoms with Gasteiger partial charge >= 0.3 is 0 Å². The number of aromatic nitrogens is 1. The lowest BCUT2D eigenvalue weighted by Crippen LogP contribution is -2.43. The van der Waals surface area contributed by atoms with E-state index >= 15 is 0 Å². The first-order valence-electron chi connectivity index (χ1n) is 6.09. The molecule has 0 aliphatic carbocycles. The van der Waals surface area contributed by atoms with Gasteiger partial charge in [0.15, 0.2) is 0 Å². The Morgan fingerprint density at radius 3 is 2.53 bits per heavy atom. The number of rotatable bonds is 4. The molecule has 0 atom stereocenters. The number of aliphatic hydroxyl groups excluding tert-OH is 2. The van der Waals surface area contributed by atoms with Gasteiger partial charge in [-0.3, -0.25) is 4.79 Å².